The van der Waals surface area contributed by atoms with Crippen molar-refractivity contribution in [3.05, 3.63) is 63.9 Å². The van der Waals surface area contributed by atoms with Crippen LogP contribution in [0.25, 0.3) is 291 Å². The minimum atomic E-state index is -0.739. The number of hydrogen-bond donors (Lipinski definition) is 0. The summed E-state index contributed by atoms with van der Waals surface area (Å²) in [5.74, 6) is 0.404. The maximum atomic E-state index is 16.9. The first-order valence-corrected chi connectivity index (χ1v) is 28.4. The highest BCUT2D eigenvalue weighted by molar-refractivity contribution is 6.82. The molecule has 2 heteroatoms. The second-order valence-electron chi connectivity index (χ2n) is 28.6. The summed E-state index contributed by atoms with van der Waals surface area (Å²) >= 11 is 0. The van der Waals surface area contributed by atoms with Gasteiger partial charge in [0.15, 0.2) is 5.78 Å². The Balaban J connectivity index is 1.13. The zero-order valence-corrected chi connectivity index (χ0v) is 39.7. The fraction of sp³-hybridized carbons (Fsp3) is 0.0946. The largest absolute Gasteiger partial charge is 0.329 e. The van der Waals surface area contributed by atoms with Gasteiger partial charge in [0.1, 0.15) is 5.54 Å². The molecule has 5 aliphatic carbocycles. The van der Waals surface area contributed by atoms with Crippen LogP contribution in [0, 0.1) is 5.41 Å². The van der Waals surface area contributed by atoms with E-state index in [-0.39, 0.29) is 5.41 Å². The Morgan fingerprint density at radius 3 is 0.763 bits per heavy atom. The summed E-state index contributed by atoms with van der Waals surface area (Å²) in [5.41, 5.74) is 8.41. The Morgan fingerprint density at radius 1 is 0.289 bits per heavy atom. The van der Waals surface area contributed by atoms with E-state index in [0.717, 1.165) is 6.42 Å². The molecular weight excluding hydrogens is 919 g/mol. The van der Waals surface area contributed by atoms with Crippen LogP contribution in [0.3, 0.4) is 0 Å². The van der Waals surface area contributed by atoms with Gasteiger partial charge in [-0.15, -0.1) is 0 Å². The van der Waals surface area contributed by atoms with Gasteiger partial charge < -0.3 is 4.90 Å². The molecule has 2 spiro atoms. The van der Waals surface area contributed by atoms with Gasteiger partial charge in [-0.1, -0.05) is 32.0 Å². The van der Waals surface area contributed by atoms with Gasteiger partial charge in [0.25, 0.3) is 0 Å². The molecule has 35 rings (SSSR count). The van der Waals surface area contributed by atoms with Crippen molar-refractivity contribution in [1.29, 1.82) is 0 Å². The van der Waals surface area contributed by atoms with Gasteiger partial charge in [-0.3, -0.25) is 4.79 Å². The summed E-state index contributed by atoms with van der Waals surface area (Å²) in [6.45, 7) is 4.81. The van der Waals surface area contributed by atoms with Crippen molar-refractivity contribution in [2.45, 2.75) is 37.6 Å². The molecule has 0 atom stereocenters. The molecule has 0 amide bonds. The molecule has 0 N–H and O–H groups in total. The maximum absolute atomic E-state index is 16.9. The number of Topliss-reactive ketones (excluding diaryl/α,β-unsaturated/α-hetero) is 1. The molecule has 76 heavy (non-hydrogen) atoms. The molecule has 0 saturated carbocycles. The van der Waals surface area contributed by atoms with E-state index in [1.807, 2.05) is 0 Å². The molecule has 0 aromatic heterocycles. The molecule has 0 unspecified atom stereocenters. The van der Waals surface area contributed by atoms with Gasteiger partial charge in [0, 0.05) is 34.5 Å². The van der Waals surface area contributed by atoms with E-state index in [4.69, 9.17) is 0 Å². The first-order chi connectivity index (χ1) is 37.6. The van der Waals surface area contributed by atoms with Gasteiger partial charge in [-0.2, -0.15) is 0 Å². The van der Waals surface area contributed by atoms with Crippen LogP contribution < -0.4 is 4.90 Å². The average molecular weight is 934 g/mol. The molecule has 29 aromatic carbocycles. The lowest BCUT2D eigenvalue weighted by atomic mass is 9.50. The summed E-state index contributed by atoms with van der Waals surface area (Å²) < 4.78 is 0. The average Bonchev–Trinajstić information content (AvgIpc) is 1.55. The van der Waals surface area contributed by atoms with Crippen LogP contribution >= 0.6 is 0 Å². The van der Waals surface area contributed by atoms with Crippen molar-refractivity contribution in [3.8, 4) is 0 Å². The van der Waals surface area contributed by atoms with Crippen LogP contribution in [0.2, 0.25) is 0 Å². The van der Waals surface area contributed by atoms with Crippen LogP contribution in [-0.2, 0) is 15.7 Å². The van der Waals surface area contributed by atoms with Gasteiger partial charge in [0.2, 0.25) is 0 Å². The molecule has 0 saturated heterocycles. The van der Waals surface area contributed by atoms with E-state index >= 15 is 4.79 Å². The summed E-state index contributed by atoms with van der Waals surface area (Å²) in [6.07, 6.45) is 1.47. The lowest BCUT2D eigenvalue weighted by Crippen LogP contribution is -2.58. The third-order valence-corrected chi connectivity index (χ3v) is 27.1. The van der Waals surface area contributed by atoms with Crippen molar-refractivity contribution in [2.24, 2.45) is 5.41 Å². The SMILES string of the molecule is CC1(C)CC(=O)C2=C(C1)N(c1ccccc1)C13c4c5c6c7c8c9c(c%10c%11c1c1c4c4c%12c5c5c6c6c8c8c%13c9c9c%10c%10c%11c%11c1c1c4c4c%12c%12c5c5c6c8c6c8c%13c9c9c%10c%10c%11c1c1c4c4c%12c5c6c5c8c9c%10c1c45)C273. The monoisotopic (exact) mass is 933 g/mol. The lowest BCUT2D eigenvalue weighted by Gasteiger charge is -2.55. The van der Waals surface area contributed by atoms with E-state index in [2.05, 4.69) is 49.1 Å². The van der Waals surface area contributed by atoms with Crippen LogP contribution in [-0.4, -0.2) is 5.78 Å². The number of nitrogens with zero attached hydrogens (tertiary/aromatic N) is 1. The molecule has 1 aliphatic heterocycles. The van der Waals surface area contributed by atoms with Gasteiger partial charge >= 0.3 is 0 Å². The number of rotatable bonds is 1. The molecule has 322 valence electrons. The number of ketones is 1. The second kappa shape index (κ2) is 6.61. The predicted octanol–water partition coefficient (Wildman–Crippen LogP) is 19.4. The molecular formula is C74H15NO. The number of hydrogen-bond acceptors (Lipinski definition) is 2. The minimum Gasteiger partial charge on any atom is -0.329 e. The quantitative estimate of drug-likeness (QED) is 0.153. The molecule has 2 nitrogen and oxygen atoms in total. The standard InChI is InChI=1S/C74H15NO/c1-72(2)8-11-67(12(76)9-72)73-68-59-51-41-31-23-15-13-14-17-21-19(15)27-35-29(21)39-33-25(17)26-18(14)22-20-16(13)24(23)32-38-28(20)36-30(22)40-34(26)44-43(33)55-49(39)57-47(35)53(45(51)37(27)31)61(68)63(57)70-65(55)66-56(44)50(40)58-48(36)54-46(38)52(42(32)41)60(59)69(73)62(54)64(58)71(66)74(70,73)75(11)10-6-4-3-5-7-10/h3-7H,8-9H2,1-2H3. The van der Waals surface area contributed by atoms with Gasteiger partial charge in [-0.25, -0.2) is 0 Å². The Morgan fingerprint density at radius 2 is 0.513 bits per heavy atom. The number of anilines is 1. The lowest BCUT2D eigenvalue weighted by molar-refractivity contribution is -0.118. The zero-order chi connectivity index (χ0) is 45.8. The smallest absolute Gasteiger partial charge is 0.162 e. The Hall–Kier alpha value is -9.11. The fourth-order valence-corrected chi connectivity index (χ4v) is 27.1. The highest BCUT2D eigenvalue weighted by atomic mass is 16.1. The van der Waals surface area contributed by atoms with E-state index in [9.17, 15) is 0 Å². The molecule has 0 fully saturated rings. The third-order valence-electron chi connectivity index (χ3n) is 27.1. The summed E-state index contributed by atoms with van der Waals surface area (Å²) in [7, 11) is 0. The highest BCUT2D eigenvalue weighted by Crippen LogP contribution is 2.87. The van der Waals surface area contributed by atoms with E-state index < -0.39 is 11.0 Å². The summed E-state index contributed by atoms with van der Waals surface area (Å²) in [6, 6.07) is 11.7. The predicted molar refractivity (Wildman–Crippen MR) is 318 cm³/mol. The minimum absolute atomic E-state index is 0.191. The van der Waals surface area contributed by atoms with E-state index in [1.54, 1.807) is 313 Å². The Bertz CT molecular complexity index is 7590. The maximum Gasteiger partial charge on any atom is 0.162 e. The Kier molecular flexibility index (Phi) is 2.53. The number of carbonyl (C=O) groups is 1. The first-order valence-electron chi connectivity index (χ1n) is 28.4. The zero-order valence-electron chi connectivity index (χ0n) is 39.7. The normalized spacial score (nSPS) is 23.4. The van der Waals surface area contributed by atoms with Gasteiger partial charge in [-0.05, 0) is 326 Å². The third kappa shape index (κ3) is 1.58. The number of benzene rings is 19. The first kappa shape index (κ1) is 29.1. The Labute approximate surface area is 416 Å². The van der Waals surface area contributed by atoms with Crippen molar-refractivity contribution in [1.82, 2.24) is 0 Å². The topological polar surface area (TPSA) is 20.3 Å². The molecule has 0 radical (unpaired) electrons. The van der Waals surface area contributed by atoms with Crippen LogP contribution in [0.15, 0.2) is 41.6 Å². The molecule has 0 bridgehead atoms. The molecule has 1 heterocycles. The second-order valence-corrected chi connectivity index (χ2v) is 28.6. The van der Waals surface area contributed by atoms with Crippen LogP contribution in [0.5, 0.6) is 0 Å². The molecule has 6 aliphatic rings. The van der Waals surface area contributed by atoms with Crippen molar-refractivity contribution in [3.63, 3.8) is 0 Å². The van der Waals surface area contributed by atoms with Crippen LogP contribution in [0.1, 0.15) is 48.9 Å². The summed E-state index contributed by atoms with van der Waals surface area (Å²) in [4.78, 5) is 19.9. The number of para-hydroxylation sites is 1. The van der Waals surface area contributed by atoms with E-state index in [0.29, 0.717) is 12.2 Å². The van der Waals surface area contributed by atoms with Crippen molar-refractivity contribution >= 4 is 302 Å². The fourth-order valence-electron chi connectivity index (χ4n) is 27.1. The number of carbonyl (C=O) groups excluding carboxylic acids is 1. The van der Waals surface area contributed by atoms with E-state index in [1.165, 1.54) is 17.0 Å². The van der Waals surface area contributed by atoms with Crippen LogP contribution in [0.4, 0.5) is 5.69 Å². The van der Waals surface area contributed by atoms with Gasteiger partial charge in [0.05, 0.1) is 5.41 Å². The van der Waals surface area contributed by atoms with Crippen molar-refractivity contribution < 1.29 is 4.79 Å². The summed E-state index contributed by atoms with van der Waals surface area (Å²) in [5, 5.41) is 86.4. The highest BCUT2D eigenvalue weighted by Gasteiger charge is 2.78. The number of allylic oxidation sites excluding steroid dienone is 1. The van der Waals surface area contributed by atoms with Crippen molar-refractivity contribution in [2.75, 3.05) is 4.90 Å². The molecule has 29 aromatic rings.